The molecule has 4 aromatic rings. The fourth-order valence-corrected chi connectivity index (χ4v) is 5.43. The molecule has 4 heterocycles. The normalized spacial score (nSPS) is 26.5. The minimum absolute atomic E-state index is 0.0473. The van der Waals surface area contributed by atoms with Crippen LogP contribution in [0.1, 0.15) is 37.8 Å². The summed E-state index contributed by atoms with van der Waals surface area (Å²) in [7, 11) is 0. The maximum atomic E-state index is 6.44. The van der Waals surface area contributed by atoms with Gasteiger partial charge < -0.3 is 14.0 Å². The van der Waals surface area contributed by atoms with Gasteiger partial charge in [-0.05, 0) is 49.1 Å². The highest BCUT2D eigenvalue weighted by atomic mass is 35.5. The fourth-order valence-electron chi connectivity index (χ4n) is 5.24. The van der Waals surface area contributed by atoms with Crippen molar-refractivity contribution >= 4 is 22.6 Å². The van der Waals surface area contributed by atoms with Crippen molar-refractivity contribution in [3.8, 4) is 11.1 Å². The minimum atomic E-state index is -0.636. The Hall–Kier alpha value is -2.80. The third-order valence-corrected chi connectivity index (χ3v) is 6.86. The smallest absolute Gasteiger partial charge is 0.163 e. The van der Waals surface area contributed by atoms with E-state index in [2.05, 4.69) is 49.9 Å². The van der Waals surface area contributed by atoms with Crippen LogP contribution in [0, 0.1) is 0 Å². The highest BCUT2D eigenvalue weighted by Gasteiger charge is 2.55. The van der Waals surface area contributed by atoms with Crippen molar-refractivity contribution in [2.24, 2.45) is 0 Å². The lowest BCUT2D eigenvalue weighted by Crippen LogP contribution is -2.27. The number of hydrogen-bond acceptors (Lipinski definition) is 5. The first-order valence-corrected chi connectivity index (χ1v) is 11.2. The number of benzene rings is 1. The first kappa shape index (κ1) is 19.9. The van der Waals surface area contributed by atoms with Crippen molar-refractivity contribution in [1.29, 1.82) is 0 Å². The summed E-state index contributed by atoms with van der Waals surface area (Å²) in [6.45, 7) is 3.97. The molecule has 0 amide bonds. The zero-order valence-electron chi connectivity index (χ0n) is 17.9. The third-order valence-electron chi connectivity index (χ3n) is 6.56. The molecule has 0 radical (unpaired) electrons. The van der Waals surface area contributed by atoms with E-state index in [0.29, 0.717) is 5.15 Å². The summed E-state index contributed by atoms with van der Waals surface area (Å²) >= 11 is 6.31. The molecule has 0 bridgehead atoms. The molecule has 0 N–H and O–H groups in total. The lowest BCUT2D eigenvalue weighted by molar-refractivity contribution is -0.157. The van der Waals surface area contributed by atoms with E-state index in [1.165, 1.54) is 11.9 Å². The van der Waals surface area contributed by atoms with Crippen LogP contribution in [0.2, 0.25) is 5.15 Å². The zero-order valence-corrected chi connectivity index (χ0v) is 18.6. The van der Waals surface area contributed by atoms with Crippen molar-refractivity contribution in [3.63, 3.8) is 0 Å². The van der Waals surface area contributed by atoms with Gasteiger partial charge >= 0.3 is 0 Å². The summed E-state index contributed by atoms with van der Waals surface area (Å²) in [5.74, 6) is -0.443. The molecule has 1 aromatic carbocycles. The number of halogens is 1. The molecular weight excluding hydrogens is 424 g/mol. The average Bonchev–Trinajstić information content (AvgIpc) is 3.46. The van der Waals surface area contributed by atoms with Gasteiger partial charge in [-0.15, -0.1) is 0 Å². The van der Waals surface area contributed by atoms with Gasteiger partial charge in [0.2, 0.25) is 0 Å². The molecule has 2 aliphatic rings. The molecule has 7 heteroatoms. The Kier molecular flexibility index (Phi) is 4.57. The molecule has 162 valence electrons. The van der Waals surface area contributed by atoms with Crippen molar-refractivity contribution in [3.05, 3.63) is 78.1 Å². The van der Waals surface area contributed by atoms with E-state index >= 15 is 0 Å². The maximum Gasteiger partial charge on any atom is 0.163 e. The number of ether oxygens (including phenoxy) is 2. The van der Waals surface area contributed by atoms with Crippen LogP contribution < -0.4 is 0 Å². The Morgan fingerprint density at radius 1 is 1.03 bits per heavy atom. The Morgan fingerprint density at radius 2 is 1.88 bits per heavy atom. The lowest BCUT2D eigenvalue weighted by Gasteiger charge is -2.25. The van der Waals surface area contributed by atoms with Crippen molar-refractivity contribution in [1.82, 2.24) is 19.5 Å². The molecule has 1 aliphatic carbocycles. The molecule has 2 fully saturated rings. The van der Waals surface area contributed by atoms with Gasteiger partial charge in [-0.2, -0.15) is 0 Å². The molecule has 32 heavy (non-hydrogen) atoms. The second-order valence-electron chi connectivity index (χ2n) is 8.97. The van der Waals surface area contributed by atoms with Gasteiger partial charge in [0.1, 0.15) is 23.2 Å². The quantitative estimate of drug-likeness (QED) is 0.394. The van der Waals surface area contributed by atoms with Crippen LogP contribution in [0.3, 0.4) is 0 Å². The number of fused-ring (bicyclic) bond motifs is 2. The van der Waals surface area contributed by atoms with Gasteiger partial charge in [-0.3, -0.25) is 4.98 Å². The van der Waals surface area contributed by atoms with Gasteiger partial charge in [0.05, 0.1) is 17.5 Å². The average molecular weight is 447 g/mol. The van der Waals surface area contributed by atoms with E-state index in [9.17, 15) is 0 Å². The SMILES string of the molecule is CC1(C)O[C@@H]2[C@H](O1)[C@@H](c1cccc(-c3cccnc3)c1)C[C@H]2n1ccc2c(Cl)ncnc21. The maximum absolute atomic E-state index is 6.44. The summed E-state index contributed by atoms with van der Waals surface area (Å²) in [5.41, 5.74) is 4.33. The highest BCUT2D eigenvalue weighted by Crippen LogP contribution is 2.51. The molecular formula is C25H23ClN4O2. The van der Waals surface area contributed by atoms with Crippen LogP contribution in [-0.2, 0) is 9.47 Å². The summed E-state index contributed by atoms with van der Waals surface area (Å²) in [4.78, 5) is 12.9. The van der Waals surface area contributed by atoms with Gasteiger partial charge in [-0.1, -0.05) is 41.9 Å². The highest BCUT2D eigenvalue weighted by molar-refractivity contribution is 6.33. The van der Waals surface area contributed by atoms with Crippen LogP contribution in [-0.4, -0.2) is 37.5 Å². The van der Waals surface area contributed by atoms with E-state index in [0.717, 1.165) is 28.6 Å². The van der Waals surface area contributed by atoms with Crippen LogP contribution in [0.25, 0.3) is 22.2 Å². The van der Waals surface area contributed by atoms with Crippen LogP contribution in [0.5, 0.6) is 0 Å². The molecule has 1 saturated heterocycles. The Labute approximate surface area is 191 Å². The first-order valence-electron chi connectivity index (χ1n) is 10.8. The first-order chi connectivity index (χ1) is 15.5. The number of rotatable bonds is 3. The molecule has 4 atom stereocenters. The minimum Gasteiger partial charge on any atom is -0.344 e. The molecule has 6 nitrogen and oxygen atoms in total. The van der Waals surface area contributed by atoms with Gasteiger partial charge in [0, 0.05) is 24.5 Å². The van der Waals surface area contributed by atoms with Gasteiger partial charge in [0.15, 0.2) is 5.79 Å². The fraction of sp³-hybridized carbons (Fsp3) is 0.320. The van der Waals surface area contributed by atoms with Crippen molar-refractivity contribution in [2.45, 2.75) is 50.2 Å². The monoisotopic (exact) mass is 446 g/mol. The van der Waals surface area contributed by atoms with E-state index in [4.69, 9.17) is 21.1 Å². The van der Waals surface area contributed by atoms with Crippen LogP contribution in [0.4, 0.5) is 0 Å². The molecule has 0 spiro atoms. The predicted octanol–water partition coefficient (Wildman–Crippen LogP) is 5.40. The van der Waals surface area contributed by atoms with Crippen molar-refractivity contribution in [2.75, 3.05) is 0 Å². The lowest BCUT2D eigenvalue weighted by atomic mass is 9.92. The van der Waals surface area contributed by atoms with E-state index < -0.39 is 5.79 Å². The summed E-state index contributed by atoms with van der Waals surface area (Å²) in [6.07, 6.45) is 7.99. The molecule has 3 aromatic heterocycles. The number of nitrogens with zero attached hydrogens (tertiary/aromatic N) is 4. The second kappa shape index (κ2) is 7.37. The van der Waals surface area contributed by atoms with Crippen LogP contribution >= 0.6 is 11.6 Å². The van der Waals surface area contributed by atoms with E-state index in [1.807, 2.05) is 38.4 Å². The van der Waals surface area contributed by atoms with Crippen LogP contribution in [0.15, 0.2) is 67.4 Å². The van der Waals surface area contributed by atoms with E-state index in [1.54, 1.807) is 6.20 Å². The summed E-state index contributed by atoms with van der Waals surface area (Å²) < 4.78 is 15.0. The predicted molar refractivity (Wildman–Crippen MR) is 122 cm³/mol. The topological polar surface area (TPSA) is 62.1 Å². The Morgan fingerprint density at radius 3 is 2.72 bits per heavy atom. The van der Waals surface area contributed by atoms with Gasteiger partial charge in [0.25, 0.3) is 0 Å². The van der Waals surface area contributed by atoms with Gasteiger partial charge in [-0.25, -0.2) is 9.97 Å². The second-order valence-corrected chi connectivity index (χ2v) is 9.32. The molecule has 1 aliphatic heterocycles. The summed E-state index contributed by atoms with van der Waals surface area (Å²) in [5, 5.41) is 1.32. The largest absolute Gasteiger partial charge is 0.344 e. The number of aromatic nitrogens is 4. The zero-order chi connectivity index (χ0) is 21.9. The summed E-state index contributed by atoms with van der Waals surface area (Å²) in [6, 6.07) is 14.8. The van der Waals surface area contributed by atoms with E-state index in [-0.39, 0.29) is 24.2 Å². The Bertz CT molecular complexity index is 1290. The standard InChI is InChI=1S/C25H23ClN4O2/c1-25(2)31-21-19(16-6-3-5-15(11-16)17-7-4-9-27-13-17)12-20(22(21)32-25)30-10-8-18-23(26)28-14-29-24(18)30/h3-11,13-14,19-22H,12H2,1-2H3/t19-,20-,21-,22+/m1/s1. The third kappa shape index (κ3) is 3.22. The van der Waals surface area contributed by atoms with Crippen molar-refractivity contribution < 1.29 is 9.47 Å². The number of hydrogen-bond donors (Lipinski definition) is 0. The molecule has 1 saturated carbocycles. The Balaban J connectivity index is 1.41. The number of pyridine rings is 1. The molecule has 6 rings (SSSR count). The molecule has 0 unspecified atom stereocenters.